The highest BCUT2D eigenvalue weighted by atomic mass is 16.6. The highest BCUT2D eigenvalue weighted by Crippen LogP contribution is 2.75. The van der Waals surface area contributed by atoms with Crippen molar-refractivity contribution < 1.29 is 19.3 Å². The lowest BCUT2D eigenvalue weighted by Gasteiger charge is -2.38. The third-order valence-electron chi connectivity index (χ3n) is 8.88. The Morgan fingerprint density at radius 3 is 1.50 bits per heavy atom. The summed E-state index contributed by atoms with van der Waals surface area (Å²) in [6.07, 6.45) is 0.755. The minimum Gasteiger partial charge on any atom is -0.298 e. The zero-order valence-electron chi connectivity index (χ0n) is 21.1. The third kappa shape index (κ3) is 2.76. The van der Waals surface area contributed by atoms with Crippen LogP contribution in [-0.2, 0) is 14.4 Å². The number of nitrogens with zero attached hydrogens (tertiary/aromatic N) is 2. The number of non-ortho nitro benzene ring substituents is 1. The number of hydrogen-bond acceptors (Lipinski definition) is 5. The first-order valence-electron chi connectivity index (χ1n) is 12.9. The van der Waals surface area contributed by atoms with Gasteiger partial charge in [-0.1, -0.05) is 74.5 Å². The van der Waals surface area contributed by atoms with Gasteiger partial charge in [0.2, 0.25) is 11.8 Å². The van der Waals surface area contributed by atoms with Gasteiger partial charge in [0.15, 0.2) is 5.78 Å². The molecular formula is C31H26N2O5. The smallest absolute Gasteiger partial charge is 0.269 e. The van der Waals surface area contributed by atoms with Gasteiger partial charge in [0, 0.05) is 12.1 Å². The fourth-order valence-electron chi connectivity index (χ4n) is 7.43. The van der Waals surface area contributed by atoms with Crippen LogP contribution in [0.4, 0.5) is 11.4 Å². The largest absolute Gasteiger partial charge is 0.298 e. The van der Waals surface area contributed by atoms with Crippen LogP contribution in [0.2, 0.25) is 0 Å². The molecule has 1 saturated heterocycles. The SMILES string of the molecule is CC[C@]12C(=O)[C@@](CC)(C(c3ccccc3)=C1c1ccccc1)[C@@H]1C(=O)N(c3ccc([N+](=O)[O-])cc3)C(=O)[C@H]12. The van der Waals surface area contributed by atoms with Gasteiger partial charge in [-0.2, -0.15) is 0 Å². The van der Waals surface area contributed by atoms with E-state index in [0.717, 1.165) is 27.2 Å². The van der Waals surface area contributed by atoms with Gasteiger partial charge in [0.05, 0.1) is 33.3 Å². The lowest BCUT2D eigenvalue weighted by atomic mass is 9.60. The molecule has 2 aliphatic carbocycles. The second-order valence-electron chi connectivity index (χ2n) is 10.2. The van der Waals surface area contributed by atoms with Crippen molar-refractivity contribution >= 4 is 40.1 Å². The molecule has 7 heteroatoms. The highest BCUT2D eigenvalue weighted by molar-refractivity contribution is 6.34. The van der Waals surface area contributed by atoms with Gasteiger partial charge in [0.25, 0.3) is 5.69 Å². The number of Topliss-reactive ketones (excluding diaryl/α,β-unsaturated/α-hetero) is 1. The summed E-state index contributed by atoms with van der Waals surface area (Å²) in [4.78, 5) is 54.8. The predicted octanol–water partition coefficient (Wildman–Crippen LogP) is 5.70. The molecule has 38 heavy (non-hydrogen) atoms. The summed E-state index contributed by atoms with van der Waals surface area (Å²) in [7, 11) is 0. The Bertz CT molecular complexity index is 1440. The van der Waals surface area contributed by atoms with Crippen molar-refractivity contribution in [3.8, 4) is 0 Å². The van der Waals surface area contributed by atoms with Crippen LogP contribution in [0, 0.1) is 32.8 Å². The summed E-state index contributed by atoms with van der Waals surface area (Å²) in [5.74, 6) is -2.57. The van der Waals surface area contributed by atoms with E-state index in [-0.39, 0.29) is 17.2 Å². The molecule has 1 saturated carbocycles. The fourth-order valence-corrected chi connectivity index (χ4v) is 7.43. The first-order valence-corrected chi connectivity index (χ1v) is 12.9. The molecule has 2 bridgehead atoms. The van der Waals surface area contributed by atoms with E-state index < -0.39 is 39.4 Å². The molecule has 0 radical (unpaired) electrons. The van der Waals surface area contributed by atoms with Gasteiger partial charge in [-0.15, -0.1) is 0 Å². The molecule has 3 aliphatic rings. The van der Waals surface area contributed by atoms with Gasteiger partial charge in [-0.05, 0) is 47.2 Å². The molecule has 7 nitrogen and oxygen atoms in total. The normalized spacial score (nSPS) is 27.8. The molecule has 0 aromatic heterocycles. The first-order chi connectivity index (χ1) is 18.3. The van der Waals surface area contributed by atoms with Gasteiger partial charge in [-0.3, -0.25) is 24.5 Å². The number of benzene rings is 3. The molecule has 3 aromatic carbocycles. The Morgan fingerprint density at radius 1 is 0.711 bits per heavy atom. The van der Waals surface area contributed by atoms with Crippen molar-refractivity contribution in [3.63, 3.8) is 0 Å². The van der Waals surface area contributed by atoms with E-state index in [2.05, 4.69) is 0 Å². The Kier molecular flexibility index (Phi) is 5.24. The lowest BCUT2D eigenvalue weighted by Crippen LogP contribution is -2.41. The monoisotopic (exact) mass is 506 g/mol. The van der Waals surface area contributed by atoms with Crippen LogP contribution in [0.3, 0.4) is 0 Å². The van der Waals surface area contributed by atoms with E-state index in [1.807, 2.05) is 74.5 Å². The molecule has 190 valence electrons. The predicted molar refractivity (Wildman–Crippen MR) is 143 cm³/mol. The standard InChI is InChI=1S/C31H26N2O5/c1-3-30-23(19-11-7-5-8-12-19)24(20-13-9-6-10-14-20)31(4-2,29(30)36)26-25(30)27(34)32(28(26)35)21-15-17-22(18-16-21)33(37)38/h5-18,25-26H,3-4H2,1-2H3/t25-,26-,30-,31-/m0/s1. The fraction of sp³-hybridized carbons (Fsp3) is 0.258. The zero-order valence-corrected chi connectivity index (χ0v) is 21.1. The molecule has 3 aromatic rings. The van der Waals surface area contributed by atoms with Gasteiger partial charge in [-0.25, -0.2) is 4.90 Å². The summed E-state index contributed by atoms with van der Waals surface area (Å²) in [5.41, 5.74) is 1.28. The van der Waals surface area contributed by atoms with E-state index >= 15 is 0 Å². The van der Waals surface area contributed by atoms with Crippen LogP contribution < -0.4 is 4.90 Å². The quantitative estimate of drug-likeness (QED) is 0.243. The van der Waals surface area contributed by atoms with Gasteiger partial charge >= 0.3 is 0 Å². The second-order valence-corrected chi connectivity index (χ2v) is 10.2. The number of fused-ring (bicyclic) bond motifs is 5. The Labute approximate surface area is 219 Å². The summed E-state index contributed by atoms with van der Waals surface area (Å²) >= 11 is 0. The number of anilines is 1. The maximum atomic E-state index is 14.7. The van der Waals surface area contributed by atoms with Crippen molar-refractivity contribution in [1.82, 2.24) is 0 Å². The molecule has 6 rings (SSSR count). The number of hydrogen-bond donors (Lipinski definition) is 0. The Balaban J connectivity index is 1.62. The zero-order chi connectivity index (χ0) is 26.8. The van der Waals surface area contributed by atoms with Gasteiger partial charge < -0.3 is 0 Å². The average molecular weight is 507 g/mol. The van der Waals surface area contributed by atoms with Crippen LogP contribution in [0.5, 0.6) is 0 Å². The van der Waals surface area contributed by atoms with Crippen molar-refractivity contribution in [2.75, 3.05) is 4.90 Å². The van der Waals surface area contributed by atoms with Crippen LogP contribution in [0.1, 0.15) is 37.8 Å². The molecule has 1 aliphatic heterocycles. The molecule has 1 heterocycles. The molecule has 2 amide bonds. The molecule has 0 spiro atoms. The summed E-state index contributed by atoms with van der Waals surface area (Å²) in [6.45, 7) is 3.84. The number of allylic oxidation sites excluding steroid dienone is 2. The van der Waals surface area contributed by atoms with E-state index in [9.17, 15) is 24.5 Å². The Morgan fingerprint density at radius 2 is 1.13 bits per heavy atom. The summed E-state index contributed by atoms with van der Waals surface area (Å²) in [5, 5.41) is 11.2. The number of carbonyl (C=O) groups excluding carboxylic acids is 3. The van der Waals surface area contributed by atoms with Crippen LogP contribution in [-0.4, -0.2) is 22.5 Å². The average Bonchev–Trinajstić information content (AvgIpc) is 3.45. The van der Waals surface area contributed by atoms with Crippen molar-refractivity contribution in [1.29, 1.82) is 0 Å². The molecule has 4 atom stereocenters. The van der Waals surface area contributed by atoms with E-state index in [4.69, 9.17) is 0 Å². The molecule has 0 N–H and O–H groups in total. The first kappa shape index (κ1) is 24.0. The van der Waals surface area contributed by atoms with Crippen LogP contribution in [0.25, 0.3) is 11.1 Å². The molecule has 0 unspecified atom stereocenters. The number of carbonyl (C=O) groups is 3. The summed E-state index contributed by atoms with van der Waals surface area (Å²) < 4.78 is 0. The van der Waals surface area contributed by atoms with Crippen molar-refractivity contribution in [3.05, 3.63) is 106 Å². The van der Waals surface area contributed by atoms with E-state index in [1.165, 1.54) is 24.3 Å². The molecule has 2 fully saturated rings. The number of nitro groups is 1. The minimum absolute atomic E-state index is 0.0484. The Hall–Kier alpha value is -4.39. The number of imide groups is 1. The third-order valence-corrected chi connectivity index (χ3v) is 8.88. The second kappa shape index (κ2) is 8.31. The van der Waals surface area contributed by atoms with Crippen molar-refractivity contribution in [2.24, 2.45) is 22.7 Å². The maximum Gasteiger partial charge on any atom is 0.269 e. The molecular weight excluding hydrogens is 480 g/mol. The number of ketones is 1. The van der Waals surface area contributed by atoms with Crippen LogP contribution >= 0.6 is 0 Å². The maximum absolute atomic E-state index is 14.7. The van der Waals surface area contributed by atoms with E-state index in [1.54, 1.807) is 0 Å². The van der Waals surface area contributed by atoms with Crippen molar-refractivity contribution in [2.45, 2.75) is 26.7 Å². The summed E-state index contributed by atoms with van der Waals surface area (Å²) in [6, 6.07) is 24.8. The lowest BCUT2D eigenvalue weighted by molar-refractivity contribution is -0.384. The van der Waals surface area contributed by atoms with E-state index in [0.29, 0.717) is 12.8 Å². The minimum atomic E-state index is -1.16. The van der Waals surface area contributed by atoms with Crippen LogP contribution in [0.15, 0.2) is 84.9 Å². The number of rotatable bonds is 6. The topological polar surface area (TPSA) is 97.6 Å². The van der Waals surface area contributed by atoms with Gasteiger partial charge in [0.1, 0.15) is 0 Å². The number of amides is 2. The number of nitro benzene ring substituents is 1. The highest BCUT2D eigenvalue weighted by Gasteiger charge is 2.80.